The van der Waals surface area contributed by atoms with E-state index < -0.39 is 57.0 Å². The number of aryl methyl sites for hydroxylation is 1. The number of halogens is 6. The maximum atomic E-state index is 13.6. The second-order valence-corrected chi connectivity index (χ2v) is 3.79. The summed E-state index contributed by atoms with van der Waals surface area (Å²) in [6.45, 7) is 0.917. The molecule has 0 saturated carbocycles. The Hall–Kier alpha value is -1.92. The first kappa shape index (κ1) is 13.5. The van der Waals surface area contributed by atoms with Crippen molar-refractivity contribution in [3.8, 4) is 5.75 Å². The highest BCUT2D eigenvalue weighted by Crippen LogP contribution is 2.38. The molecule has 0 saturated heterocycles. The number of methoxy groups -OCH3 is 1. The smallest absolute Gasteiger partial charge is 0.201 e. The van der Waals surface area contributed by atoms with Gasteiger partial charge in [-0.25, -0.2) is 22.0 Å². The zero-order valence-electron chi connectivity index (χ0n) is 9.68. The Kier molecular flexibility index (Phi) is 3.07. The van der Waals surface area contributed by atoms with Crippen LogP contribution in [0.2, 0.25) is 0 Å². The van der Waals surface area contributed by atoms with Crippen molar-refractivity contribution in [3.05, 3.63) is 40.5 Å². The Balaban J connectivity index is 3.21. The SMILES string of the molecule is COc1c(F)c(F)c(C)c2c(F)c(F)c(F)c(F)c12. The molecule has 0 amide bonds. The molecule has 0 atom stereocenters. The summed E-state index contributed by atoms with van der Waals surface area (Å²) < 4.78 is 84.9. The first-order chi connectivity index (χ1) is 8.82. The van der Waals surface area contributed by atoms with Crippen LogP contribution in [0.25, 0.3) is 10.8 Å². The molecule has 0 heterocycles. The molecular formula is C12H6F6O. The zero-order valence-corrected chi connectivity index (χ0v) is 9.68. The first-order valence-corrected chi connectivity index (χ1v) is 5.00. The number of hydrogen-bond donors (Lipinski definition) is 0. The van der Waals surface area contributed by atoms with Gasteiger partial charge in [-0.05, 0) is 12.5 Å². The maximum Gasteiger partial charge on any atom is 0.201 e. The third kappa shape index (κ3) is 1.64. The van der Waals surface area contributed by atoms with Gasteiger partial charge in [0.2, 0.25) is 5.82 Å². The maximum absolute atomic E-state index is 13.6. The lowest BCUT2D eigenvalue weighted by Gasteiger charge is -2.13. The minimum absolute atomic E-state index is 0.677. The first-order valence-electron chi connectivity index (χ1n) is 5.00. The predicted molar refractivity (Wildman–Crippen MR) is 55.0 cm³/mol. The summed E-state index contributed by atoms with van der Waals surface area (Å²) >= 11 is 0. The molecule has 0 radical (unpaired) electrons. The van der Waals surface area contributed by atoms with Crippen LogP contribution in [0.4, 0.5) is 26.3 Å². The average molecular weight is 280 g/mol. The molecule has 7 heteroatoms. The Labute approximate surface area is 103 Å². The van der Waals surface area contributed by atoms with Gasteiger partial charge in [0.15, 0.2) is 34.8 Å². The molecule has 0 aliphatic rings. The van der Waals surface area contributed by atoms with E-state index in [0.29, 0.717) is 0 Å². The second kappa shape index (κ2) is 4.32. The Morgan fingerprint density at radius 1 is 0.632 bits per heavy atom. The molecule has 102 valence electrons. The summed E-state index contributed by atoms with van der Waals surface area (Å²) in [5.41, 5.74) is -0.677. The molecule has 2 aromatic carbocycles. The van der Waals surface area contributed by atoms with E-state index in [1.807, 2.05) is 0 Å². The number of hydrogen-bond acceptors (Lipinski definition) is 1. The minimum Gasteiger partial charge on any atom is -0.493 e. The van der Waals surface area contributed by atoms with Crippen molar-refractivity contribution in [2.24, 2.45) is 0 Å². The number of rotatable bonds is 1. The minimum atomic E-state index is -2.12. The molecule has 0 N–H and O–H groups in total. The normalized spacial score (nSPS) is 11.2. The van der Waals surface area contributed by atoms with Crippen molar-refractivity contribution in [3.63, 3.8) is 0 Å². The standard InChI is InChI=1S/C12H6F6O/c1-3-4-5(12(19-2)11(18)6(3)13)8(15)10(17)9(16)7(4)14/h1-2H3. The van der Waals surface area contributed by atoms with Crippen molar-refractivity contribution in [1.29, 1.82) is 0 Å². The quantitative estimate of drug-likeness (QED) is 0.436. The van der Waals surface area contributed by atoms with E-state index >= 15 is 0 Å². The molecule has 19 heavy (non-hydrogen) atoms. The molecule has 2 aromatic rings. The van der Waals surface area contributed by atoms with E-state index in [9.17, 15) is 26.3 Å². The monoisotopic (exact) mass is 280 g/mol. The number of benzene rings is 2. The Morgan fingerprint density at radius 2 is 1.11 bits per heavy atom. The summed E-state index contributed by atoms with van der Waals surface area (Å²) in [7, 11) is 0.866. The molecule has 0 aliphatic heterocycles. The van der Waals surface area contributed by atoms with Crippen LogP contribution in [0.1, 0.15) is 5.56 Å². The molecule has 0 unspecified atom stereocenters. The molecule has 0 spiro atoms. The van der Waals surface area contributed by atoms with E-state index in [2.05, 4.69) is 4.74 Å². The Morgan fingerprint density at radius 3 is 1.58 bits per heavy atom. The summed E-state index contributed by atoms with van der Waals surface area (Å²) in [5.74, 6) is -12.0. The summed E-state index contributed by atoms with van der Waals surface area (Å²) in [4.78, 5) is 0. The van der Waals surface area contributed by atoms with Crippen molar-refractivity contribution in [1.82, 2.24) is 0 Å². The van der Waals surface area contributed by atoms with Gasteiger partial charge in [-0.3, -0.25) is 0 Å². The lowest BCUT2D eigenvalue weighted by molar-refractivity contribution is 0.370. The Bertz CT molecular complexity index is 687. The molecule has 0 aromatic heterocycles. The van der Waals surface area contributed by atoms with Crippen LogP contribution >= 0.6 is 0 Å². The van der Waals surface area contributed by atoms with E-state index in [0.717, 1.165) is 14.0 Å². The van der Waals surface area contributed by atoms with E-state index in [1.165, 1.54) is 0 Å². The fourth-order valence-electron chi connectivity index (χ4n) is 1.87. The largest absolute Gasteiger partial charge is 0.493 e. The van der Waals surface area contributed by atoms with Crippen LogP contribution < -0.4 is 4.74 Å². The highest BCUT2D eigenvalue weighted by atomic mass is 19.2. The van der Waals surface area contributed by atoms with Crippen molar-refractivity contribution in [2.75, 3.05) is 7.11 Å². The van der Waals surface area contributed by atoms with Gasteiger partial charge < -0.3 is 4.74 Å². The molecule has 1 nitrogen and oxygen atoms in total. The fourth-order valence-corrected chi connectivity index (χ4v) is 1.87. The molecular weight excluding hydrogens is 274 g/mol. The molecule has 0 bridgehead atoms. The van der Waals surface area contributed by atoms with Gasteiger partial charge in [-0.2, -0.15) is 4.39 Å². The summed E-state index contributed by atoms with van der Waals surface area (Å²) in [5, 5.41) is -1.87. The summed E-state index contributed by atoms with van der Waals surface area (Å²) in [6, 6.07) is 0. The van der Waals surface area contributed by atoms with Gasteiger partial charge in [0.1, 0.15) is 0 Å². The highest BCUT2D eigenvalue weighted by molar-refractivity contribution is 5.92. The number of ether oxygens (including phenoxy) is 1. The van der Waals surface area contributed by atoms with Gasteiger partial charge in [-0.15, -0.1) is 0 Å². The molecule has 2 rings (SSSR count). The highest BCUT2D eigenvalue weighted by Gasteiger charge is 2.29. The molecule has 0 fully saturated rings. The topological polar surface area (TPSA) is 9.23 Å². The molecule has 0 aliphatic carbocycles. The van der Waals surface area contributed by atoms with Crippen molar-refractivity contribution in [2.45, 2.75) is 6.92 Å². The zero-order chi connectivity index (χ0) is 14.5. The van der Waals surface area contributed by atoms with Gasteiger partial charge in [0.05, 0.1) is 12.5 Å². The average Bonchev–Trinajstić information content (AvgIpc) is 2.40. The van der Waals surface area contributed by atoms with Crippen LogP contribution in [-0.4, -0.2) is 7.11 Å². The lowest BCUT2D eigenvalue weighted by Crippen LogP contribution is -2.05. The van der Waals surface area contributed by atoms with E-state index in [-0.39, 0.29) is 0 Å². The van der Waals surface area contributed by atoms with Crippen molar-refractivity contribution >= 4 is 10.8 Å². The number of fused-ring (bicyclic) bond motifs is 1. The third-order valence-electron chi connectivity index (χ3n) is 2.79. The lowest BCUT2D eigenvalue weighted by atomic mass is 10.0. The fraction of sp³-hybridized carbons (Fsp3) is 0.167. The van der Waals surface area contributed by atoms with E-state index in [4.69, 9.17) is 0 Å². The van der Waals surface area contributed by atoms with Crippen LogP contribution in [0.15, 0.2) is 0 Å². The third-order valence-corrected chi connectivity index (χ3v) is 2.79. The van der Waals surface area contributed by atoms with Gasteiger partial charge in [0.25, 0.3) is 0 Å². The second-order valence-electron chi connectivity index (χ2n) is 3.79. The van der Waals surface area contributed by atoms with Crippen LogP contribution in [0, 0.1) is 41.8 Å². The van der Waals surface area contributed by atoms with Crippen LogP contribution in [0.3, 0.4) is 0 Å². The van der Waals surface area contributed by atoms with Gasteiger partial charge in [0, 0.05) is 5.39 Å². The van der Waals surface area contributed by atoms with E-state index in [1.54, 1.807) is 0 Å². The summed E-state index contributed by atoms with van der Waals surface area (Å²) in [6.07, 6.45) is 0. The predicted octanol–water partition coefficient (Wildman–Crippen LogP) is 3.99. The van der Waals surface area contributed by atoms with Gasteiger partial charge >= 0.3 is 0 Å². The van der Waals surface area contributed by atoms with Crippen molar-refractivity contribution < 1.29 is 31.1 Å². The van der Waals surface area contributed by atoms with Gasteiger partial charge in [-0.1, -0.05) is 0 Å². The van der Waals surface area contributed by atoms with Crippen LogP contribution in [-0.2, 0) is 0 Å². The van der Waals surface area contributed by atoms with Crippen LogP contribution in [0.5, 0.6) is 5.75 Å².